The standard InChI is InChI=1S/C27H28Cl2N4O5S/c28-19-5-8-24(22(29)15-19)38-25-4-2-1-3-23(25)33-39(36,37)20-6-7-21(27(30)35)18(13-20)14-26(34)32-16-17-9-11-31-12-10-17/h1-8,13,15,17,31,33H,9-12,14,16H2,(H2,30,35)(H,32,34). The molecule has 0 unspecified atom stereocenters. The van der Waals surface area contributed by atoms with Crippen LogP contribution in [-0.4, -0.2) is 39.9 Å². The topological polar surface area (TPSA) is 140 Å². The van der Waals surface area contributed by atoms with Gasteiger partial charge in [-0.1, -0.05) is 35.3 Å². The Morgan fingerprint density at radius 2 is 1.74 bits per heavy atom. The van der Waals surface area contributed by atoms with Crippen molar-refractivity contribution in [1.29, 1.82) is 0 Å². The lowest BCUT2D eigenvalue weighted by molar-refractivity contribution is -0.120. The van der Waals surface area contributed by atoms with Crippen LogP contribution in [0.15, 0.2) is 65.6 Å². The number of ether oxygens (including phenoxy) is 1. The Hall–Kier alpha value is -3.31. The number of carbonyl (C=O) groups excluding carboxylic acids is 2. The van der Waals surface area contributed by atoms with Crippen molar-refractivity contribution in [3.63, 3.8) is 0 Å². The molecule has 0 radical (unpaired) electrons. The third-order valence-corrected chi connectivity index (χ3v) is 8.19. The van der Waals surface area contributed by atoms with Crippen molar-refractivity contribution >= 4 is 50.7 Å². The molecule has 1 fully saturated rings. The quantitative estimate of drug-likeness (QED) is 0.277. The van der Waals surface area contributed by atoms with E-state index in [0.717, 1.165) is 25.9 Å². The van der Waals surface area contributed by atoms with E-state index in [2.05, 4.69) is 15.4 Å². The zero-order valence-corrected chi connectivity index (χ0v) is 23.2. The summed E-state index contributed by atoms with van der Waals surface area (Å²) in [5.41, 5.74) is 5.95. The summed E-state index contributed by atoms with van der Waals surface area (Å²) in [7, 11) is -4.15. The number of sulfonamides is 1. The second-order valence-corrected chi connectivity index (χ2v) is 11.7. The molecule has 0 aliphatic carbocycles. The molecule has 0 atom stereocenters. The number of nitrogens with one attached hydrogen (secondary N) is 3. The van der Waals surface area contributed by atoms with Gasteiger partial charge in [-0.05, 0) is 85.9 Å². The SMILES string of the molecule is NC(=O)c1ccc(S(=O)(=O)Nc2ccccc2Oc2ccc(Cl)cc2Cl)cc1CC(=O)NCC1CCNCC1. The number of benzene rings is 3. The number of anilines is 1. The van der Waals surface area contributed by atoms with Gasteiger partial charge in [0.15, 0.2) is 5.75 Å². The van der Waals surface area contributed by atoms with E-state index in [-0.39, 0.29) is 50.6 Å². The summed E-state index contributed by atoms with van der Waals surface area (Å²) in [6.45, 7) is 2.32. The minimum atomic E-state index is -4.15. The second kappa shape index (κ2) is 12.7. The molecule has 3 aromatic carbocycles. The average Bonchev–Trinajstić information content (AvgIpc) is 2.90. The minimum absolute atomic E-state index is 0.0760. The first-order valence-electron chi connectivity index (χ1n) is 12.3. The summed E-state index contributed by atoms with van der Waals surface area (Å²) >= 11 is 12.2. The Kier molecular flexibility index (Phi) is 9.34. The molecule has 1 saturated heterocycles. The Labute approximate surface area is 237 Å². The van der Waals surface area contributed by atoms with Crippen LogP contribution >= 0.6 is 23.2 Å². The predicted octanol–water partition coefficient (Wildman–Crippen LogP) is 4.34. The van der Waals surface area contributed by atoms with Crippen molar-refractivity contribution < 1.29 is 22.7 Å². The van der Waals surface area contributed by atoms with Crippen LogP contribution in [-0.2, 0) is 21.2 Å². The van der Waals surface area contributed by atoms with Gasteiger partial charge in [0.1, 0.15) is 5.75 Å². The van der Waals surface area contributed by atoms with Crippen LogP contribution in [0.5, 0.6) is 11.5 Å². The van der Waals surface area contributed by atoms with Gasteiger partial charge in [0, 0.05) is 17.1 Å². The summed E-state index contributed by atoms with van der Waals surface area (Å²) in [5, 5.41) is 6.84. The van der Waals surface area contributed by atoms with E-state index in [1.165, 1.54) is 30.3 Å². The first-order valence-corrected chi connectivity index (χ1v) is 14.5. The molecule has 0 bridgehead atoms. The molecule has 2 amide bonds. The molecule has 39 heavy (non-hydrogen) atoms. The lowest BCUT2D eigenvalue weighted by atomic mass is 9.98. The fraction of sp³-hybridized carbons (Fsp3) is 0.259. The lowest BCUT2D eigenvalue weighted by Crippen LogP contribution is -2.36. The van der Waals surface area contributed by atoms with Gasteiger partial charge in [-0.2, -0.15) is 0 Å². The van der Waals surface area contributed by atoms with Crippen LogP contribution in [0.1, 0.15) is 28.8 Å². The van der Waals surface area contributed by atoms with Crippen molar-refractivity contribution in [2.24, 2.45) is 11.7 Å². The Morgan fingerprint density at radius 3 is 2.46 bits per heavy atom. The number of para-hydroxylation sites is 2. The zero-order valence-electron chi connectivity index (χ0n) is 20.9. The first kappa shape index (κ1) is 28.7. The lowest BCUT2D eigenvalue weighted by Gasteiger charge is -2.22. The monoisotopic (exact) mass is 590 g/mol. The Morgan fingerprint density at radius 1 is 1.00 bits per heavy atom. The van der Waals surface area contributed by atoms with Crippen LogP contribution in [0.4, 0.5) is 5.69 Å². The second-order valence-electron chi connectivity index (χ2n) is 9.14. The van der Waals surface area contributed by atoms with Gasteiger partial charge in [0.25, 0.3) is 10.0 Å². The highest BCUT2D eigenvalue weighted by Crippen LogP contribution is 2.36. The van der Waals surface area contributed by atoms with Crippen LogP contribution in [0.2, 0.25) is 10.0 Å². The highest BCUT2D eigenvalue weighted by Gasteiger charge is 2.22. The molecule has 4 rings (SSSR count). The number of rotatable bonds is 10. The number of hydrogen-bond donors (Lipinski definition) is 4. The third-order valence-electron chi connectivity index (χ3n) is 6.30. The van der Waals surface area contributed by atoms with E-state index in [1.54, 1.807) is 30.3 Å². The maximum absolute atomic E-state index is 13.3. The summed E-state index contributed by atoms with van der Waals surface area (Å²) < 4.78 is 35.0. The van der Waals surface area contributed by atoms with Crippen LogP contribution in [0.25, 0.3) is 0 Å². The van der Waals surface area contributed by atoms with Gasteiger partial charge in [0.2, 0.25) is 11.8 Å². The van der Waals surface area contributed by atoms with Crippen molar-refractivity contribution in [3.8, 4) is 11.5 Å². The zero-order chi connectivity index (χ0) is 28.0. The highest BCUT2D eigenvalue weighted by atomic mass is 35.5. The molecular formula is C27H28Cl2N4O5S. The molecular weight excluding hydrogens is 563 g/mol. The van der Waals surface area contributed by atoms with Crippen LogP contribution in [0, 0.1) is 5.92 Å². The molecule has 12 heteroatoms. The van der Waals surface area contributed by atoms with E-state index < -0.39 is 15.9 Å². The van der Waals surface area contributed by atoms with Gasteiger partial charge in [-0.25, -0.2) is 8.42 Å². The van der Waals surface area contributed by atoms with Gasteiger partial charge < -0.3 is 21.1 Å². The number of primary amides is 1. The summed E-state index contributed by atoms with van der Waals surface area (Å²) in [5.74, 6) is -0.219. The maximum atomic E-state index is 13.3. The minimum Gasteiger partial charge on any atom is -0.454 e. The maximum Gasteiger partial charge on any atom is 0.262 e. The number of amides is 2. The van der Waals surface area contributed by atoms with E-state index in [4.69, 9.17) is 33.7 Å². The molecule has 1 aliphatic rings. The Bertz CT molecular complexity index is 1480. The summed E-state index contributed by atoms with van der Waals surface area (Å²) in [6, 6.07) is 15.0. The van der Waals surface area contributed by atoms with E-state index in [1.807, 2.05) is 0 Å². The Balaban J connectivity index is 1.53. The van der Waals surface area contributed by atoms with Crippen LogP contribution < -0.4 is 25.8 Å². The molecule has 5 N–H and O–H groups in total. The molecule has 9 nitrogen and oxygen atoms in total. The van der Waals surface area contributed by atoms with Gasteiger partial charge in [-0.3, -0.25) is 14.3 Å². The number of piperidine rings is 1. The van der Waals surface area contributed by atoms with Crippen molar-refractivity contribution in [1.82, 2.24) is 10.6 Å². The van der Waals surface area contributed by atoms with Crippen molar-refractivity contribution in [3.05, 3.63) is 81.8 Å². The first-order chi connectivity index (χ1) is 18.6. The molecule has 0 saturated carbocycles. The van der Waals surface area contributed by atoms with E-state index >= 15 is 0 Å². The fourth-order valence-corrected chi connectivity index (χ4v) is 5.79. The number of hydrogen-bond acceptors (Lipinski definition) is 6. The summed E-state index contributed by atoms with van der Waals surface area (Å²) in [6.07, 6.45) is 1.73. The third kappa shape index (κ3) is 7.63. The van der Waals surface area contributed by atoms with Gasteiger partial charge in [0.05, 0.1) is 22.0 Å². The molecule has 1 aliphatic heterocycles. The average molecular weight is 592 g/mol. The van der Waals surface area contributed by atoms with Crippen molar-refractivity contribution in [2.75, 3.05) is 24.4 Å². The summed E-state index contributed by atoms with van der Waals surface area (Å²) in [4.78, 5) is 24.5. The normalized spacial score (nSPS) is 14.0. The molecule has 0 spiro atoms. The highest BCUT2D eigenvalue weighted by molar-refractivity contribution is 7.92. The molecule has 206 valence electrons. The van der Waals surface area contributed by atoms with Crippen LogP contribution in [0.3, 0.4) is 0 Å². The smallest absolute Gasteiger partial charge is 0.262 e. The molecule has 0 aromatic heterocycles. The van der Waals surface area contributed by atoms with Gasteiger partial charge in [-0.15, -0.1) is 0 Å². The molecule has 3 aromatic rings. The van der Waals surface area contributed by atoms with Crippen molar-refractivity contribution in [2.45, 2.75) is 24.2 Å². The van der Waals surface area contributed by atoms with E-state index in [9.17, 15) is 18.0 Å². The predicted molar refractivity (Wildman–Crippen MR) is 151 cm³/mol. The number of carbonyl (C=O) groups is 2. The van der Waals surface area contributed by atoms with Gasteiger partial charge >= 0.3 is 0 Å². The number of nitrogens with two attached hydrogens (primary N) is 1. The van der Waals surface area contributed by atoms with E-state index in [0.29, 0.717) is 17.5 Å². The number of halogens is 2. The molecule has 1 heterocycles. The fourth-order valence-electron chi connectivity index (χ4n) is 4.22. The largest absolute Gasteiger partial charge is 0.454 e.